The summed E-state index contributed by atoms with van der Waals surface area (Å²) in [5.74, 6) is 0. The first kappa shape index (κ1) is 37.5. The first-order valence-corrected chi connectivity index (χ1v) is 6.22. The van der Waals surface area contributed by atoms with Gasteiger partial charge in [-0.15, -0.1) is 0 Å². The van der Waals surface area contributed by atoms with E-state index in [2.05, 4.69) is 0 Å². The first-order valence-electron chi connectivity index (χ1n) is 6.22. The molecule has 0 unspecified atom stereocenters. The van der Waals surface area contributed by atoms with Crippen molar-refractivity contribution in [2.45, 2.75) is 39.9 Å². The molecule has 0 aliphatic rings. The van der Waals surface area contributed by atoms with Gasteiger partial charge in [-0.1, -0.05) is 0 Å². The Bertz CT molecular complexity index is 117. The largest absolute Gasteiger partial charge is 0.412 e. The van der Waals surface area contributed by atoms with E-state index in [9.17, 15) is 0 Å². The van der Waals surface area contributed by atoms with Crippen molar-refractivity contribution >= 4 is 0 Å². The van der Waals surface area contributed by atoms with Crippen LogP contribution in [-0.2, 0) is 21.7 Å². The van der Waals surface area contributed by atoms with Gasteiger partial charge in [0.05, 0.1) is 19.8 Å². The molecule has 0 aliphatic heterocycles. The Kier molecular flexibility index (Phi) is 57.9. The van der Waals surface area contributed by atoms with Gasteiger partial charge in [0, 0.05) is 53.6 Å². The van der Waals surface area contributed by atoms with Gasteiger partial charge in [-0.2, -0.15) is 0 Å². The fourth-order valence-electron chi connectivity index (χ4n) is 0.760. The third kappa shape index (κ3) is 78.2. The van der Waals surface area contributed by atoms with Crippen LogP contribution in [0.25, 0.3) is 0 Å². The summed E-state index contributed by atoms with van der Waals surface area (Å²) in [5.41, 5.74) is 0. The van der Waals surface area contributed by atoms with Crippen LogP contribution in [0.4, 0.5) is 0 Å². The van der Waals surface area contributed by atoms with E-state index in [0.29, 0.717) is 19.6 Å². The summed E-state index contributed by atoms with van der Waals surface area (Å²) in [4.78, 5) is 1.79. The normalized spacial score (nSPS) is 8.57. The van der Waals surface area contributed by atoms with E-state index in [1.165, 1.54) is 0 Å². The van der Waals surface area contributed by atoms with Gasteiger partial charge >= 0.3 is 0 Å². The molecule has 134 valence electrons. The predicted molar refractivity (Wildman–Crippen MR) is 79.6 cm³/mol. The fraction of sp³-hybridized carbons (Fsp3) is 1.00. The average molecular weight is 353 g/mol. The van der Waals surface area contributed by atoms with Gasteiger partial charge in [0.2, 0.25) is 0 Å². The van der Waals surface area contributed by atoms with Gasteiger partial charge in [0.15, 0.2) is 0 Å². The van der Waals surface area contributed by atoms with Crippen molar-refractivity contribution < 1.29 is 58.2 Å². The Morgan fingerprint density at radius 3 is 0.905 bits per heavy atom. The number of aliphatic hydroxyl groups excluding tert-OH is 5. The van der Waals surface area contributed by atoms with Crippen LogP contribution in [0.1, 0.15) is 27.7 Å². The Balaban J connectivity index is -0.0000000439. The van der Waals surface area contributed by atoms with Crippen LogP contribution < -0.4 is 0 Å². The zero-order valence-corrected chi connectivity index (χ0v) is 15.1. The molecule has 0 amide bonds. The van der Waals surface area contributed by atoms with E-state index in [4.69, 9.17) is 25.5 Å². The van der Waals surface area contributed by atoms with Crippen molar-refractivity contribution in [3.8, 4) is 0 Å². The minimum absolute atomic E-state index is 0. The molecule has 0 aromatic carbocycles. The molecule has 9 heteroatoms. The maximum absolute atomic E-state index is 8.48. The zero-order chi connectivity index (χ0) is 15.0. The number of nitrogens with zero attached hydrogens (tertiary/aromatic N) is 1. The number of hydrogen-bond donors (Lipinski definition) is 5. The summed E-state index contributed by atoms with van der Waals surface area (Å²) >= 11 is 0. The fourth-order valence-corrected chi connectivity index (χ4v) is 0.760. The van der Waals surface area contributed by atoms with E-state index < -0.39 is 0 Å². The standard InChI is InChI=1S/C6H15NO3.2C3H8O.2H2O.Ti/c8-4-1-7(2-5-9)3-6-10;2*1-3(2)4;;;/h8-10H,1-6H2;2*3-4H,1-2H3;2*1H2;. The van der Waals surface area contributed by atoms with Crippen LogP contribution in [-0.4, -0.2) is 93.0 Å². The van der Waals surface area contributed by atoms with Crippen LogP contribution in [0.2, 0.25) is 0 Å². The Morgan fingerprint density at radius 1 is 0.667 bits per heavy atom. The van der Waals surface area contributed by atoms with Crippen LogP contribution in [0.5, 0.6) is 0 Å². The van der Waals surface area contributed by atoms with Gasteiger partial charge < -0.3 is 36.5 Å². The van der Waals surface area contributed by atoms with E-state index in [1.54, 1.807) is 32.6 Å². The van der Waals surface area contributed by atoms with Crippen LogP contribution in [0.3, 0.4) is 0 Å². The van der Waals surface area contributed by atoms with Crippen LogP contribution in [0, 0.1) is 0 Å². The summed E-state index contributed by atoms with van der Waals surface area (Å²) in [6.45, 7) is 8.64. The molecule has 0 spiro atoms. The van der Waals surface area contributed by atoms with Crippen molar-refractivity contribution in [1.82, 2.24) is 4.90 Å². The molecule has 0 bridgehead atoms. The first-order chi connectivity index (χ1) is 8.31. The predicted octanol–water partition coefficient (Wildman–Crippen LogP) is -2.61. The second-order valence-electron chi connectivity index (χ2n) is 4.20. The molecule has 8 nitrogen and oxygen atoms in total. The number of rotatable bonds is 6. The molecular formula is C12H35NO7Ti. The molecule has 0 radical (unpaired) electrons. The molecule has 21 heavy (non-hydrogen) atoms. The minimum atomic E-state index is -0.167. The topological polar surface area (TPSA) is 167 Å². The van der Waals surface area contributed by atoms with Gasteiger partial charge in [-0.25, -0.2) is 0 Å². The molecular weight excluding hydrogens is 318 g/mol. The minimum Gasteiger partial charge on any atom is -0.412 e. The quantitative estimate of drug-likeness (QED) is 0.328. The molecule has 0 saturated carbocycles. The SMILES string of the molecule is CC(C)O.CC(C)O.O.O.OCCN(CCO)CCO.[Ti]. The van der Waals surface area contributed by atoms with E-state index >= 15 is 0 Å². The van der Waals surface area contributed by atoms with Gasteiger partial charge in [0.25, 0.3) is 0 Å². The monoisotopic (exact) mass is 353 g/mol. The van der Waals surface area contributed by atoms with Crippen molar-refractivity contribution in [3.05, 3.63) is 0 Å². The second kappa shape index (κ2) is 32.4. The summed E-state index contributed by atoms with van der Waals surface area (Å²) in [6.07, 6.45) is -0.333. The van der Waals surface area contributed by atoms with E-state index in [0.717, 1.165) is 0 Å². The number of aliphatic hydroxyl groups is 5. The molecule has 0 heterocycles. The van der Waals surface area contributed by atoms with Crippen molar-refractivity contribution in [2.24, 2.45) is 0 Å². The van der Waals surface area contributed by atoms with Crippen molar-refractivity contribution in [1.29, 1.82) is 0 Å². The molecule has 0 saturated heterocycles. The molecule has 0 fully saturated rings. The Labute approximate surface area is 142 Å². The number of hydrogen-bond acceptors (Lipinski definition) is 6. The average Bonchev–Trinajstić information content (AvgIpc) is 2.17. The Morgan fingerprint density at radius 2 is 0.810 bits per heavy atom. The summed E-state index contributed by atoms with van der Waals surface area (Å²) in [5, 5.41) is 41.6. The maximum atomic E-state index is 8.48. The third-order valence-electron chi connectivity index (χ3n) is 1.25. The van der Waals surface area contributed by atoms with Gasteiger partial charge in [0.1, 0.15) is 0 Å². The zero-order valence-electron chi connectivity index (χ0n) is 13.6. The Hall–Kier alpha value is 0.394. The molecule has 9 N–H and O–H groups in total. The summed E-state index contributed by atoms with van der Waals surface area (Å²) in [6, 6.07) is 0. The molecule has 0 rings (SSSR count). The van der Waals surface area contributed by atoms with Crippen molar-refractivity contribution in [3.63, 3.8) is 0 Å². The summed E-state index contributed by atoms with van der Waals surface area (Å²) in [7, 11) is 0. The molecule has 0 atom stereocenters. The smallest absolute Gasteiger partial charge is 0.0558 e. The molecule has 0 aromatic rings. The molecule has 0 aromatic heterocycles. The maximum Gasteiger partial charge on any atom is 0.0558 e. The van der Waals surface area contributed by atoms with Crippen molar-refractivity contribution in [2.75, 3.05) is 39.5 Å². The third-order valence-corrected chi connectivity index (χ3v) is 1.25. The van der Waals surface area contributed by atoms with Gasteiger partial charge in [-0.05, 0) is 27.7 Å². The van der Waals surface area contributed by atoms with E-state index in [1.807, 2.05) is 0 Å². The van der Waals surface area contributed by atoms with Crippen LogP contribution >= 0.6 is 0 Å². The van der Waals surface area contributed by atoms with Gasteiger partial charge in [-0.3, -0.25) is 4.90 Å². The molecule has 0 aliphatic carbocycles. The van der Waals surface area contributed by atoms with Crippen LogP contribution in [0.15, 0.2) is 0 Å². The van der Waals surface area contributed by atoms with E-state index in [-0.39, 0.29) is 64.7 Å². The second-order valence-corrected chi connectivity index (χ2v) is 4.20. The summed E-state index contributed by atoms with van der Waals surface area (Å²) < 4.78 is 0.